The molecular formula is C21H29FN4O4S. The number of carbonyl (C=O) groups is 2. The van der Waals surface area contributed by atoms with Crippen molar-refractivity contribution in [2.75, 3.05) is 26.2 Å². The van der Waals surface area contributed by atoms with Crippen molar-refractivity contribution in [3.05, 3.63) is 30.1 Å². The van der Waals surface area contributed by atoms with Gasteiger partial charge in [-0.05, 0) is 56.4 Å². The minimum absolute atomic E-state index is 0.00299. The van der Waals surface area contributed by atoms with E-state index in [1.165, 1.54) is 18.6 Å². The number of halogens is 1. The van der Waals surface area contributed by atoms with E-state index in [1.54, 1.807) is 0 Å². The van der Waals surface area contributed by atoms with Gasteiger partial charge in [-0.25, -0.2) is 17.5 Å². The van der Waals surface area contributed by atoms with Gasteiger partial charge in [0, 0.05) is 44.7 Å². The molecule has 3 saturated heterocycles. The highest BCUT2D eigenvalue weighted by Gasteiger charge is 2.44. The highest BCUT2D eigenvalue weighted by molar-refractivity contribution is 7.89. The molecule has 2 N–H and O–H groups in total. The highest BCUT2D eigenvalue weighted by Crippen LogP contribution is 2.27. The molecule has 4 rings (SSSR count). The SMILES string of the molecule is O=C1NCC(CCC(=O)N2CCCCC2)N2CC(NS(=O)(=O)c3ccc(F)cc3)CC12. The number of piperidine rings is 1. The minimum atomic E-state index is -3.81. The van der Waals surface area contributed by atoms with E-state index in [0.717, 1.165) is 38.1 Å². The van der Waals surface area contributed by atoms with Crippen LogP contribution in [0.15, 0.2) is 29.2 Å². The van der Waals surface area contributed by atoms with Crippen LogP contribution in [0.5, 0.6) is 0 Å². The normalized spacial score (nSPS) is 27.1. The lowest BCUT2D eigenvalue weighted by Gasteiger charge is -2.37. The fourth-order valence-corrected chi connectivity index (χ4v) is 6.06. The summed E-state index contributed by atoms with van der Waals surface area (Å²) in [7, 11) is -3.81. The first-order valence-corrected chi connectivity index (χ1v) is 12.4. The third-order valence-corrected chi connectivity index (χ3v) is 8.01. The molecule has 0 aliphatic carbocycles. The van der Waals surface area contributed by atoms with Gasteiger partial charge in [-0.1, -0.05) is 0 Å². The zero-order valence-electron chi connectivity index (χ0n) is 17.4. The number of amides is 2. The molecule has 8 nitrogen and oxygen atoms in total. The summed E-state index contributed by atoms with van der Waals surface area (Å²) in [5.41, 5.74) is 0. The van der Waals surface area contributed by atoms with Crippen LogP contribution in [0.25, 0.3) is 0 Å². The Bertz CT molecular complexity index is 918. The largest absolute Gasteiger partial charge is 0.353 e. The van der Waals surface area contributed by atoms with Crippen LogP contribution in [0, 0.1) is 5.82 Å². The molecule has 0 aromatic heterocycles. The molecule has 31 heavy (non-hydrogen) atoms. The lowest BCUT2D eigenvalue weighted by molar-refractivity contribution is -0.133. The number of nitrogens with one attached hydrogen (secondary N) is 2. The van der Waals surface area contributed by atoms with E-state index in [9.17, 15) is 22.4 Å². The monoisotopic (exact) mass is 452 g/mol. The maximum Gasteiger partial charge on any atom is 0.240 e. The summed E-state index contributed by atoms with van der Waals surface area (Å²) < 4.78 is 41.1. The molecule has 3 heterocycles. The third-order valence-electron chi connectivity index (χ3n) is 6.47. The summed E-state index contributed by atoms with van der Waals surface area (Å²) in [4.78, 5) is 28.9. The Morgan fingerprint density at radius 3 is 2.58 bits per heavy atom. The van der Waals surface area contributed by atoms with Gasteiger partial charge in [-0.15, -0.1) is 0 Å². The molecule has 0 bridgehead atoms. The Morgan fingerprint density at radius 1 is 1.16 bits per heavy atom. The molecule has 1 aromatic carbocycles. The maximum absolute atomic E-state index is 13.1. The highest BCUT2D eigenvalue weighted by atomic mass is 32.2. The number of hydrogen-bond donors (Lipinski definition) is 2. The summed E-state index contributed by atoms with van der Waals surface area (Å²) in [6, 6.07) is 3.82. The number of carbonyl (C=O) groups excluding carboxylic acids is 2. The van der Waals surface area contributed by atoms with E-state index in [2.05, 4.69) is 10.0 Å². The predicted molar refractivity (Wildman–Crippen MR) is 112 cm³/mol. The molecule has 0 spiro atoms. The van der Waals surface area contributed by atoms with Crippen LogP contribution in [-0.2, 0) is 19.6 Å². The molecule has 3 atom stereocenters. The topological polar surface area (TPSA) is 98.8 Å². The Hall–Kier alpha value is -2.04. The van der Waals surface area contributed by atoms with Crippen LogP contribution in [0.2, 0.25) is 0 Å². The van der Waals surface area contributed by atoms with E-state index in [-0.39, 0.29) is 22.8 Å². The first-order chi connectivity index (χ1) is 14.8. The van der Waals surface area contributed by atoms with Crippen molar-refractivity contribution in [2.45, 2.75) is 61.5 Å². The first kappa shape index (κ1) is 22.2. The number of benzene rings is 1. The van der Waals surface area contributed by atoms with Crippen LogP contribution in [0.3, 0.4) is 0 Å². The van der Waals surface area contributed by atoms with Crippen LogP contribution in [-0.4, -0.2) is 74.3 Å². The quantitative estimate of drug-likeness (QED) is 0.667. The number of sulfonamides is 1. The van der Waals surface area contributed by atoms with Crippen molar-refractivity contribution < 1.29 is 22.4 Å². The Morgan fingerprint density at radius 2 is 1.87 bits per heavy atom. The summed E-state index contributed by atoms with van der Waals surface area (Å²) >= 11 is 0. The average Bonchev–Trinajstić information content (AvgIpc) is 3.18. The van der Waals surface area contributed by atoms with Gasteiger partial charge < -0.3 is 10.2 Å². The van der Waals surface area contributed by atoms with E-state index < -0.39 is 27.9 Å². The van der Waals surface area contributed by atoms with Crippen molar-refractivity contribution in [1.29, 1.82) is 0 Å². The number of rotatable bonds is 6. The molecule has 3 fully saturated rings. The van der Waals surface area contributed by atoms with Gasteiger partial charge in [-0.3, -0.25) is 14.5 Å². The molecule has 0 radical (unpaired) electrons. The molecule has 170 valence electrons. The summed E-state index contributed by atoms with van der Waals surface area (Å²) in [5, 5.41) is 2.90. The van der Waals surface area contributed by atoms with Crippen molar-refractivity contribution in [3.63, 3.8) is 0 Å². The maximum atomic E-state index is 13.1. The molecule has 10 heteroatoms. The lowest BCUT2D eigenvalue weighted by atomic mass is 10.0. The van der Waals surface area contributed by atoms with Gasteiger partial charge in [0.05, 0.1) is 10.9 Å². The first-order valence-electron chi connectivity index (χ1n) is 10.9. The standard InChI is InChI=1S/C21H29FN4O4S/c22-15-4-7-18(8-5-15)31(29,30)24-16-12-19-21(28)23-13-17(26(19)14-16)6-9-20(27)25-10-2-1-3-11-25/h4-5,7-8,16-17,19,24H,1-3,6,9-14H2,(H,23,28). The van der Waals surface area contributed by atoms with E-state index in [1.807, 2.05) is 9.80 Å². The van der Waals surface area contributed by atoms with Crippen molar-refractivity contribution in [1.82, 2.24) is 19.8 Å². The lowest BCUT2D eigenvalue weighted by Crippen LogP contribution is -2.58. The second-order valence-corrected chi connectivity index (χ2v) is 10.3. The minimum Gasteiger partial charge on any atom is -0.353 e. The van der Waals surface area contributed by atoms with E-state index >= 15 is 0 Å². The summed E-state index contributed by atoms with van der Waals surface area (Å²) in [6.45, 7) is 2.50. The smallest absolute Gasteiger partial charge is 0.240 e. The molecular weight excluding hydrogens is 423 g/mol. The van der Waals surface area contributed by atoms with Gasteiger partial charge in [0.1, 0.15) is 5.82 Å². The molecule has 3 aliphatic rings. The number of nitrogens with zero attached hydrogens (tertiary/aromatic N) is 2. The van der Waals surface area contributed by atoms with Gasteiger partial charge >= 0.3 is 0 Å². The molecule has 3 aliphatic heterocycles. The molecule has 2 amide bonds. The number of hydrogen-bond acceptors (Lipinski definition) is 5. The Balaban J connectivity index is 1.37. The van der Waals surface area contributed by atoms with Crippen LogP contribution in [0.1, 0.15) is 38.5 Å². The summed E-state index contributed by atoms with van der Waals surface area (Å²) in [6.07, 6.45) is 4.69. The Kier molecular flexibility index (Phi) is 6.59. The molecule has 3 unspecified atom stereocenters. The summed E-state index contributed by atoms with van der Waals surface area (Å²) in [5.74, 6) is -0.460. The second kappa shape index (κ2) is 9.22. The van der Waals surface area contributed by atoms with Crippen molar-refractivity contribution >= 4 is 21.8 Å². The zero-order valence-corrected chi connectivity index (χ0v) is 18.2. The Labute approximate surface area is 182 Å². The molecule has 1 aromatic rings. The molecule has 0 saturated carbocycles. The number of likely N-dealkylation sites (tertiary alicyclic amines) is 1. The third kappa shape index (κ3) is 5.07. The van der Waals surface area contributed by atoms with Gasteiger partial charge in [0.15, 0.2) is 0 Å². The fraction of sp³-hybridized carbons (Fsp3) is 0.619. The van der Waals surface area contributed by atoms with Crippen molar-refractivity contribution in [2.24, 2.45) is 0 Å². The van der Waals surface area contributed by atoms with Crippen LogP contribution in [0.4, 0.5) is 4.39 Å². The predicted octanol–water partition coefficient (Wildman–Crippen LogP) is 0.838. The fourth-order valence-electron chi connectivity index (χ4n) is 4.82. The van der Waals surface area contributed by atoms with Crippen LogP contribution < -0.4 is 10.0 Å². The van der Waals surface area contributed by atoms with Crippen LogP contribution >= 0.6 is 0 Å². The average molecular weight is 453 g/mol. The van der Waals surface area contributed by atoms with Gasteiger partial charge in [-0.2, -0.15) is 0 Å². The van der Waals surface area contributed by atoms with E-state index in [0.29, 0.717) is 32.4 Å². The number of fused-ring (bicyclic) bond motifs is 1. The number of piperazine rings is 1. The van der Waals surface area contributed by atoms with Gasteiger partial charge in [0.2, 0.25) is 21.8 Å². The second-order valence-electron chi connectivity index (χ2n) is 8.60. The van der Waals surface area contributed by atoms with E-state index in [4.69, 9.17) is 0 Å². The van der Waals surface area contributed by atoms with Crippen molar-refractivity contribution in [3.8, 4) is 0 Å². The van der Waals surface area contributed by atoms with Gasteiger partial charge in [0.25, 0.3) is 0 Å². The zero-order chi connectivity index (χ0) is 22.0.